The summed E-state index contributed by atoms with van der Waals surface area (Å²) < 4.78 is 0. The summed E-state index contributed by atoms with van der Waals surface area (Å²) in [5, 5.41) is 0.567. The molecule has 0 bridgehead atoms. The minimum atomic E-state index is 0.567. The Kier molecular flexibility index (Phi) is 4.60. The molecule has 0 aliphatic carbocycles. The zero-order chi connectivity index (χ0) is 9.68. The summed E-state index contributed by atoms with van der Waals surface area (Å²) in [5.74, 6) is 2.98. The van der Waals surface area contributed by atoms with Crippen molar-refractivity contribution in [3.05, 3.63) is 29.0 Å². The lowest BCUT2D eigenvalue weighted by atomic mass is 10.3. The van der Waals surface area contributed by atoms with Crippen molar-refractivity contribution in [2.24, 2.45) is 5.92 Å². The molecule has 0 aromatic carbocycles. The maximum absolute atomic E-state index is 5.68. The molecule has 72 valence electrons. The van der Waals surface area contributed by atoms with Crippen LogP contribution in [0.5, 0.6) is 0 Å². The summed E-state index contributed by atoms with van der Waals surface area (Å²) in [5.41, 5.74) is 1.25. The molecular weight excluding hydrogens is 202 g/mol. The molecule has 1 aromatic heterocycles. The summed E-state index contributed by atoms with van der Waals surface area (Å²) in [6.45, 7) is 4.46. The molecule has 0 aliphatic heterocycles. The second-order valence-electron chi connectivity index (χ2n) is 3.40. The van der Waals surface area contributed by atoms with E-state index in [2.05, 4.69) is 18.8 Å². The van der Waals surface area contributed by atoms with E-state index in [1.165, 1.54) is 11.3 Å². The molecule has 0 saturated carbocycles. The van der Waals surface area contributed by atoms with Crippen LogP contribution in [0, 0.1) is 5.92 Å². The van der Waals surface area contributed by atoms with Gasteiger partial charge in [0.2, 0.25) is 0 Å². The van der Waals surface area contributed by atoms with Gasteiger partial charge < -0.3 is 0 Å². The number of halogens is 1. The lowest BCUT2D eigenvalue weighted by Crippen LogP contribution is -1.91. The quantitative estimate of drug-likeness (QED) is 0.712. The number of hydrogen-bond donors (Lipinski definition) is 0. The highest BCUT2D eigenvalue weighted by Crippen LogP contribution is 2.15. The maximum atomic E-state index is 5.68. The minimum absolute atomic E-state index is 0.567. The topological polar surface area (TPSA) is 12.9 Å². The van der Waals surface area contributed by atoms with Gasteiger partial charge in [0.15, 0.2) is 0 Å². The molecule has 1 nitrogen and oxygen atoms in total. The Balaban J connectivity index is 2.33. The third kappa shape index (κ3) is 4.53. The van der Waals surface area contributed by atoms with Gasteiger partial charge in [0.05, 0.1) is 0 Å². The van der Waals surface area contributed by atoms with Crippen molar-refractivity contribution in [1.29, 1.82) is 0 Å². The van der Waals surface area contributed by atoms with Crippen molar-refractivity contribution in [3.63, 3.8) is 0 Å². The van der Waals surface area contributed by atoms with E-state index in [-0.39, 0.29) is 0 Å². The average Bonchev–Trinajstić information content (AvgIpc) is 2.08. The molecule has 0 aliphatic rings. The highest BCUT2D eigenvalue weighted by Gasteiger charge is 1.97. The van der Waals surface area contributed by atoms with Crippen molar-refractivity contribution in [2.45, 2.75) is 19.6 Å². The average molecular weight is 216 g/mol. The molecule has 0 spiro atoms. The van der Waals surface area contributed by atoms with Gasteiger partial charge in [-0.05, 0) is 23.3 Å². The highest BCUT2D eigenvalue weighted by molar-refractivity contribution is 7.98. The maximum Gasteiger partial charge on any atom is 0.129 e. The number of aromatic nitrogens is 1. The zero-order valence-electron chi connectivity index (χ0n) is 7.96. The molecule has 0 radical (unpaired) electrons. The van der Waals surface area contributed by atoms with Gasteiger partial charge >= 0.3 is 0 Å². The van der Waals surface area contributed by atoms with E-state index < -0.39 is 0 Å². The lowest BCUT2D eigenvalue weighted by molar-refractivity contribution is 0.750. The van der Waals surface area contributed by atoms with Crippen molar-refractivity contribution in [2.75, 3.05) is 5.75 Å². The standard InChI is InChI=1S/C10H14ClNS/c1-8(2)6-13-7-9-3-4-10(11)12-5-9/h3-5,8H,6-7H2,1-2H3. The van der Waals surface area contributed by atoms with Crippen LogP contribution in [0.2, 0.25) is 5.15 Å². The second-order valence-corrected chi connectivity index (χ2v) is 4.82. The molecular formula is C10H14ClNS. The molecule has 1 heterocycles. The first kappa shape index (κ1) is 10.9. The number of rotatable bonds is 4. The molecule has 13 heavy (non-hydrogen) atoms. The number of thioether (sulfide) groups is 1. The van der Waals surface area contributed by atoms with E-state index >= 15 is 0 Å². The van der Waals surface area contributed by atoms with Crippen LogP contribution >= 0.6 is 23.4 Å². The van der Waals surface area contributed by atoms with Gasteiger partial charge in [-0.1, -0.05) is 31.5 Å². The summed E-state index contributed by atoms with van der Waals surface area (Å²) in [6.07, 6.45) is 1.84. The van der Waals surface area contributed by atoms with Gasteiger partial charge in [0.25, 0.3) is 0 Å². The van der Waals surface area contributed by atoms with Gasteiger partial charge in [0, 0.05) is 11.9 Å². The van der Waals surface area contributed by atoms with Gasteiger partial charge in [-0.25, -0.2) is 4.98 Å². The number of nitrogens with zero attached hydrogens (tertiary/aromatic N) is 1. The smallest absolute Gasteiger partial charge is 0.129 e. The first-order chi connectivity index (χ1) is 6.18. The Hall–Kier alpha value is -0.210. The Bertz CT molecular complexity index is 246. The van der Waals surface area contributed by atoms with E-state index in [9.17, 15) is 0 Å². The summed E-state index contributed by atoms with van der Waals surface area (Å²) in [6, 6.07) is 3.87. The summed E-state index contributed by atoms with van der Waals surface area (Å²) in [4.78, 5) is 4.03. The van der Waals surface area contributed by atoms with Crippen molar-refractivity contribution in [1.82, 2.24) is 4.98 Å². The Morgan fingerprint density at radius 1 is 1.46 bits per heavy atom. The van der Waals surface area contributed by atoms with Gasteiger partial charge in [-0.2, -0.15) is 11.8 Å². The predicted molar refractivity (Wildman–Crippen MR) is 60.2 cm³/mol. The van der Waals surface area contributed by atoms with Crippen molar-refractivity contribution >= 4 is 23.4 Å². The third-order valence-electron chi connectivity index (χ3n) is 1.51. The molecule has 0 N–H and O–H groups in total. The van der Waals surface area contributed by atoms with Gasteiger partial charge in [0.1, 0.15) is 5.15 Å². The van der Waals surface area contributed by atoms with Crippen molar-refractivity contribution in [3.8, 4) is 0 Å². The van der Waals surface area contributed by atoms with Gasteiger partial charge in [-0.15, -0.1) is 0 Å². The van der Waals surface area contributed by atoms with E-state index in [1.54, 1.807) is 0 Å². The highest BCUT2D eigenvalue weighted by atomic mass is 35.5. The van der Waals surface area contributed by atoms with Crippen LogP contribution in [0.25, 0.3) is 0 Å². The van der Waals surface area contributed by atoms with E-state index in [4.69, 9.17) is 11.6 Å². The lowest BCUT2D eigenvalue weighted by Gasteiger charge is -2.03. The van der Waals surface area contributed by atoms with Crippen LogP contribution in [-0.2, 0) is 5.75 Å². The molecule has 0 atom stereocenters. The zero-order valence-corrected chi connectivity index (χ0v) is 9.53. The summed E-state index contributed by atoms with van der Waals surface area (Å²) in [7, 11) is 0. The van der Waals surface area contributed by atoms with Crippen LogP contribution in [0.1, 0.15) is 19.4 Å². The number of hydrogen-bond acceptors (Lipinski definition) is 2. The fourth-order valence-corrected chi connectivity index (χ4v) is 2.01. The molecule has 3 heteroatoms. The van der Waals surface area contributed by atoms with Crippen LogP contribution in [0.4, 0.5) is 0 Å². The summed E-state index contributed by atoms with van der Waals surface area (Å²) >= 11 is 7.62. The van der Waals surface area contributed by atoms with Crippen LogP contribution in [0.15, 0.2) is 18.3 Å². The largest absolute Gasteiger partial charge is 0.244 e. The Labute approximate surface area is 88.9 Å². The SMILES string of the molecule is CC(C)CSCc1ccc(Cl)nc1. The van der Waals surface area contributed by atoms with Crippen LogP contribution in [0.3, 0.4) is 0 Å². The monoisotopic (exact) mass is 215 g/mol. The minimum Gasteiger partial charge on any atom is -0.244 e. The third-order valence-corrected chi connectivity index (χ3v) is 3.17. The molecule has 0 amide bonds. The Morgan fingerprint density at radius 2 is 2.23 bits per heavy atom. The Morgan fingerprint density at radius 3 is 2.77 bits per heavy atom. The van der Waals surface area contributed by atoms with Gasteiger partial charge in [-0.3, -0.25) is 0 Å². The molecule has 0 fully saturated rings. The number of pyridine rings is 1. The molecule has 1 rings (SSSR count). The first-order valence-electron chi connectivity index (χ1n) is 4.36. The fourth-order valence-electron chi connectivity index (χ4n) is 0.904. The second kappa shape index (κ2) is 5.51. The predicted octanol–water partition coefficient (Wildman–Crippen LogP) is 3.62. The molecule has 0 unspecified atom stereocenters. The van der Waals surface area contributed by atoms with Crippen molar-refractivity contribution < 1.29 is 0 Å². The van der Waals surface area contributed by atoms with Crippen LogP contribution < -0.4 is 0 Å². The van der Waals surface area contributed by atoms with E-state index in [1.807, 2.05) is 30.1 Å². The first-order valence-corrected chi connectivity index (χ1v) is 5.90. The van der Waals surface area contributed by atoms with E-state index in [0.717, 1.165) is 11.7 Å². The van der Waals surface area contributed by atoms with Crippen LogP contribution in [-0.4, -0.2) is 10.7 Å². The molecule has 1 aromatic rings. The van der Waals surface area contributed by atoms with E-state index in [0.29, 0.717) is 5.15 Å². The normalized spacial score (nSPS) is 10.8. The molecule has 0 saturated heterocycles. The fraction of sp³-hybridized carbons (Fsp3) is 0.500.